The number of hydrogen-bond donors (Lipinski definition) is 2. The number of hydrazine groups is 1. The van der Waals surface area contributed by atoms with E-state index in [-0.39, 0.29) is 16.9 Å². The van der Waals surface area contributed by atoms with Gasteiger partial charge >= 0.3 is 5.97 Å². The van der Waals surface area contributed by atoms with Crippen molar-refractivity contribution < 1.29 is 17.9 Å². The maximum atomic E-state index is 13.7. The predicted octanol–water partition coefficient (Wildman–Crippen LogP) is 4.45. The van der Waals surface area contributed by atoms with Crippen molar-refractivity contribution in [3.05, 3.63) is 65.7 Å². The number of ether oxygens (including phenoxy) is 1. The molecule has 0 saturated heterocycles. The Morgan fingerprint density at radius 1 is 1.06 bits per heavy atom. The van der Waals surface area contributed by atoms with Crippen LogP contribution < -0.4 is 10.3 Å². The molecule has 7 heteroatoms. The summed E-state index contributed by atoms with van der Waals surface area (Å²) in [5.41, 5.74) is 3.12. The lowest BCUT2D eigenvalue weighted by atomic mass is 9.80. The van der Waals surface area contributed by atoms with E-state index in [1.54, 1.807) is 24.3 Å². The molecule has 0 aromatic heterocycles. The number of carbonyl (C=O) groups excluding carboxylic acids is 1. The van der Waals surface area contributed by atoms with E-state index in [1.807, 2.05) is 51.1 Å². The number of benzene rings is 2. The number of carbonyl (C=O) groups is 1. The molecule has 0 heterocycles. The molecule has 0 bridgehead atoms. The van der Waals surface area contributed by atoms with Gasteiger partial charge in [-0.25, -0.2) is 18.6 Å². The van der Waals surface area contributed by atoms with Gasteiger partial charge in [-0.05, 0) is 55.7 Å². The Hall–Kier alpha value is -2.22. The zero-order chi connectivity index (χ0) is 23.4. The summed E-state index contributed by atoms with van der Waals surface area (Å²) in [5.74, 6) is -0.261. The number of hydrogen-bond acceptors (Lipinski definition) is 5. The van der Waals surface area contributed by atoms with Crippen molar-refractivity contribution in [1.82, 2.24) is 10.3 Å². The summed E-state index contributed by atoms with van der Waals surface area (Å²) in [6.07, 6.45) is 3.64. The standard InChI is InChI=1S/C25H34N2O4S/c1-18(2)25(21-10-6-5-7-11-21,24(28)31-22-12-8-9-20(4)17-22)26-27-32(29,30)23-15-13-19(3)14-16-23/h5-7,10-11,13-16,18,20,22,26-27H,8-9,12,17H2,1-4H3. The molecule has 174 valence electrons. The van der Waals surface area contributed by atoms with Crippen LogP contribution in [0, 0.1) is 18.8 Å². The largest absolute Gasteiger partial charge is 0.461 e. The second-order valence-electron chi connectivity index (χ2n) is 9.17. The van der Waals surface area contributed by atoms with Crippen molar-refractivity contribution in [1.29, 1.82) is 0 Å². The number of rotatable bonds is 8. The third kappa shape index (κ3) is 5.39. The number of aryl methyl sites for hydroxylation is 1. The van der Waals surface area contributed by atoms with Gasteiger partial charge in [-0.15, -0.1) is 4.83 Å². The van der Waals surface area contributed by atoms with Crippen molar-refractivity contribution in [2.75, 3.05) is 0 Å². The van der Waals surface area contributed by atoms with E-state index >= 15 is 0 Å². The van der Waals surface area contributed by atoms with Gasteiger partial charge in [0.1, 0.15) is 6.10 Å². The van der Waals surface area contributed by atoms with Crippen LogP contribution in [0.5, 0.6) is 0 Å². The quantitative estimate of drug-likeness (QED) is 0.451. The molecule has 2 aromatic rings. The summed E-state index contributed by atoms with van der Waals surface area (Å²) in [6.45, 7) is 7.82. The van der Waals surface area contributed by atoms with Gasteiger partial charge in [-0.2, -0.15) is 0 Å². The van der Waals surface area contributed by atoms with Crippen molar-refractivity contribution in [3.63, 3.8) is 0 Å². The Morgan fingerprint density at radius 2 is 1.72 bits per heavy atom. The molecule has 0 amide bonds. The monoisotopic (exact) mass is 458 g/mol. The first-order chi connectivity index (χ1) is 15.1. The van der Waals surface area contributed by atoms with Gasteiger partial charge in [0.15, 0.2) is 5.54 Å². The molecule has 3 rings (SSSR count). The summed E-state index contributed by atoms with van der Waals surface area (Å²) in [5, 5.41) is 0. The Morgan fingerprint density at radius 3 is 2.31 bits per heavy atom. The molecule has 2 N–H and O–H groups in total. The van der Waals surface area contributed by atoms with Crippen LogP contribution in [0.1, 0.15) is 57.6 Å². The van der Waals surface area contributed by atoms with Crippen LogP contribution >= 0.6 is 0 Å². The molecule has 1 saturated carbocycles. The Balaban J connectivity index is 1.92. The number of sulfonamides is 1. The van der Waals surface area contributed by atoms with E-state index < -0.39 is 21.5 Å². The lowest BCUT2D eigenvalue weighted by Crippen LogP contribution is -2.60. The summed E-state index contributed by atoms with van der Waals surface area (Å²) in [7, 11) is -3.90. The number of nitrogens with one attached hydrogen (secondary N) is 2. The van der Waals surface area contributed by atoms with Crippen LogP contribution in [0.4, 0.5) is 0 Å². The second-order valence-corrected chi connectivity index (χ2v) is 10.9. The predicted molar refractivity (Wildman–Crippen MR) is 125 cm³/mol. The van der Waals surface area contributed by atoms with E-state index in [0.717, 1.165) is 31.2 Å². The van der Waals surface area contributed by atoms with E-state index in [0.29, 0.717) is 11.5 Å². The molecule has 1 fully saturated rings. The molecule has 3 atom stereocenters. The molecule has 0 spiro atoms. The molecule has 1 aliphatic carbocycles. The van der Waals surface area contributed by atoms with Crippen LogP contribution in [-0.4, -0.2) is 20.5 Å². The topological polar surface area (TPSA) is 84.5 Å². The van der Waals surface area contributed by atoms with Crippen LogP contribution in [0.2, 0.25) is 0 Å². The SMILES string of the molecule is Cc1ccc(S(=O)(=O)NNC(C(=O)OC2CCCC(C)C2)(c2ccccc2)C(C)C)cc1. The highest BCUT2D eigenvalue weighted by Crippen LogP contribution is 2.34. The van der Waals surface area contributed by atoms with Crippen LogP contribution in [0.3, 0.4) is 0 Å². The molecule has 0 aliphatic heterocycles. The fraction of sp³-hybridized carbons (Fsp3) is 0.480. The smallest absolute Gasteiger partial charge is 0.332 e. The van der Waals surface area contributed by atoms with Gasteiger partial charge in [-0.1, -0.05) is 75.2 Å². The lowest BCUT2D eigenvalue weighted by molar-refractivity contribution is -0.162. The van der Waals surface area contributed by atoms with Crippen molar-refractivity contribution in [3.8, 4) is 0 Å². The van der Waals surface area contributed by atoms with Crippen LogP contribution in [0.25, 0.3) is 0 Å². The van der Waals surface area contributed by atoms with Crippen molar-refractivity contribution >= 4 is 16.0 Å². The van der Waals surface area contributed by atoms with Gasteiger partial charge in [0.05, 0.1) is 4.90 Å². The number of esters is 1. The van der Waals surface area contributed by atoms with E-state index in [9.17, 15) is 13.2 Å². The minimum atomic E-state index is -3.90. The van der Waals surface area contributed by atoms with E-state index in [4.69, 9.17) is 4.74 Å². The molecule has 6 nitrogen and oxygen atoms in total. The van der Waals surface area contributed by atoms with Gasteiger partial charge in [-0.3, -0.25) is 0 Å². The van der Waals surface area contributed by atoms with Crippen molar-refractivity contribution in [2.24, 2.45) is 11.8 Å². The third-order valence-corrected chi connectivity index (χ3v) is 7.56. The van der Waals surface area contributed by atoms with Gasteiger partial charge < -0.3 is 4.74 Å². The highest BCUT2D eigenvalue weighted by Gasteiger charge is 2.46. The molecule has 1 aliphatic rings. The Labute approximate surface area is 191 Å². The van der Waals surface area contributed by atoms with Crippen molar-refractivity contribution in [2.45, 2.75) is 69.9 Å². The molecule has 2 aromatic carbocycles. The maximum Gasteiger partial charge on any atom is 0.332 e. The molecule has 3 unspecified atom stereocenters. The zero-order valence-electron chi connectivity index (χ0n) is 19.3. The second kappa shape index (κ2) is 10.1. The van der Waals surface area contributed by atoms with Crippen LogP contribution in [0.15, 0.2) is 59.5 Å². The minimum absolute atomic E-state index is 0.121. The fourth-order valence-electron chi connectivity index (χ4n) is 4.31. The summed E-state index contributed by atoms with van der Waals surface area (Å²) in [4.78, 5) is 16.2. The van der Waals surface area contributed by atoms with E-state index in [1.165, 1.54) is 0 Å². The highest BCUT2D eigenvalue weighted by atomic mass is 32.2. The van der Waals surface area contributed by atoms with Crippen LogP contribution in [-0.2, 0) is 25.1 Å². The molecular weight excluding hydrogens is 424 g/mol. The first-order valence-electron chi connectivity index (χ1n) is 11.3. The normalized spacial score (nSPS) is 21.2. The fourth-order valence-corrected chi connectivity index (χ4v) is 5.22. The maximum absolute atomic E-state index is 13.7. The average Bonchev–Trinajstić information content (AvgIpc) is 2.75. The Bertz CT molecular complexity index is 1010. The highest BCUT2D eigenvalue weighted by molar-refractivity contribution is 7.89. The van der Waals surface area contributed by atoms with E-state index in [2.05, 4.69) is 17.2 Å². The molecule has 0 radical (unpaired) electrons. The molecule has 32 heavy (non-hydrogen) atoms. The van der Waals surface area contributed by atoms with Gasteiger partial charge in [0.25, 0.3) is 10.0 Å². The first-order valence-corrected chi connectivity index (χ1v) is 12.8. The van der Waals surface area contributed by atoms with Gasteiger partial charge in [0.2, 0.25) is 0 Å². The average molecular weight is 459 g/mol. The van der Waals surface area contributed by atoms with Gasteiger partial charge in [0, 0.05) is 0 Å². The Kier molecular flexibility index (Phi) is 7.75. The molecular formula is C25H34N2O4S. The third-order valence-electron chi connectivity index (χ3n) is 6.29. The first kappa shape index (κ1) is 24.4. The summed E-state index contributed by atoms with van der Waals surface area (Å²) >= 11 is 0. The summed E-state index contributed by atoms with van der Waals surface area (Å²) in [6, 6.07) is 15.7. The lowest BCUT2D eigenvalue weighted by Gasteiger charge is -2.38. The zero-order valence-corrected chi connectivity index (χ0v) is 20.1. The summed E-state index contributed by atoms with van der Waals surface area (Å²) < 4.78 is 31.9. The minimum Gasteiger partial charge on any atom is -0.461 e.